The van der Waals surface area contributed by atoms with Crippen molar-refractivity contribution in [1.82, 2.24) is 0 Å². The van der Waals surface area contributed by atoms with Gasteiger partial charge in [0.25, 0.3) is 10.1 Å². The number of hydrogen-bond donors (Lipinski definition) is 0. The monoisotopic (exact) mass is 340 g/mol. The molecule has 0 heterocycles. The van der Waals surface area contributed by atoms with Crippen LogP contribution in [0.4, 0.5) is 0 Å². The summed E-state index contributed by atoms with van der Waals surface area (Å²) in [5.41, 5.74) is 1.42. The molecule has 0 unspecified atom stereocenters. The largest absolute Gasteiger partial charge is 0.264 e. The van der Waals surface area contributed by atoms with Crippen molar-refractivity contribution in [2.24, 2.45) is 0 Å². The van der Waals surface area contributed by atoms with Crippen molar-refractivity contribution in [1.29, 1.82) is 0 Å². The molecule has 0 saturated heterocycles. The lowest BCUT2D eigenvalue weighted by Crippen LogP contribution is -2.30. The third kappa shape index (κ3) is 4.93. The first-order chi connectivity index (χ1) is 10.1. The molecule has 1 saturated carbocycles. The molecule has 0 amide bonds. The maximum atomic E-state index is 11.6. The Morgan fingerprint density at radius 2 is 1.82 bits per heavy atom. The lowest BCUT2D eigenvalue weighted by atomic mass is 10.0. The summed E-state index contributed by atoms with van der Waals surface area (Å²) in [6.07, 6.45) is 6.11. The molecular formula is C17H28O3SSi. The van der Waals surface area contributed by atoms with E-state index in [9.17, 15) is 8.42 Å². The molecule has 22 heavy (non-hydrogen) atoms. The van der Waals surface area contributed by atoms with Crippen LogP contribution in [-0.2, 0) is 20.7 Å². The molecule has 1 aliphatic rings. The Morgan fingerprint density at radius 3 is 2.32 bits per heavy atom. The van der Waals surface area contributed by atoms with Crippen LogP contribution in [0.2, 0.25) is 25.2 Å². The SMILES string of the molecule is C[Si](C)(C)[C@@H]1C[C@@]1(CCCCc1ccccc1)OS(C)(=O)=O. The Morgan fingerprint density at radius 1 is 1.18 bits per heavy atom. The van der Waals surface area contributed by atoms with E-state index in [4.69, 9.17) is 4.18 Å². The van der Waals surface area contributed by atoms with E-state index in [1.807, 2.05) is 6.07 Å². The number of benzene rings is 1. The van der Waals surface area contributed by atoms with E-state index in [2.05, 4.69) is 43.9 Å². The molecule has 0 bridgehead atoms. The molecule has 0 spiro atoms. The van der Waals surface area contributed by atoms with Gasteiger partial charge < -0.3 is 0 Å². The molecule has 124 valence electrons. The Kier molecular flexibility index (Phi) is 5.19. The minimum Gasteiger partial charge on any atom is -0.264 e. The zero-order valence-electron chi connectivity index (χ0n) is 14.1. The van der Waals surface area contributed by atoms with Gasteiger partial charge in [-0.3, -0.25) is 4.18 Å². The quantitative estimate of drug-likeness (QED) is 0.404. The maximum absolute atomic E-state index is 11.6. The second-order valence-electron chi connectivity index (χ2n) is 7.67. The van der Waals surface area contributed by atoms with Gasteiger partial charge in [-0.1, -0.05) is 56.4 Å². The fraction of sp³-hybridized carbons (Fsp3) is 0.647. The molecule has 3 nitrogen and oxygen atoms in total. The Balaban J connectivity index is 1.89. The molecule has 0 N–H and O–H groups in total. The lowest BCUT2D eigenvalue weighted by molar-refractivity contribution is 0.173. The molecule has 0 radical (unpaired) electrons. The highest BCUT2D eigenvalue weighted by molar-refractivity contribution is 7.86. The van der Waals surface area contributed by atoms with Gasteiger partial charge in [-0.25, -0.2) is 0 Å². The highest BCUT2D eigenvalue weighted by Crippen LogP contribution is 2.61. The Bertz CT molecular complexity index is 592. The van der Waals surface area contributed by atoms with E-state index in [1.54, 1.807) is 0 Å². The summed E-state index contributed by atoms with van der Waals surface area (Å²) in [5.74, 6) is 0. The fourth-order valence-electron chi connectivity index (χ4n) is 3.49. The van der Waals surface area contributed by atoms with Gasteiger partial charge in [0.05, 0.1) is 19.9 Å². The van der Waals surface area contributed by atoms with Gasteiger partial charge in [0.15, 0.2) is 0 Å². The van der Waals surface area contributed by atoms with E-state index in [0.717, 1.165) is 32.1 Å². The summed E-state index contributed by atoms with van der Waals surface area (Å²) < 4.78 is 28.7. The predicted molar refractivity (Wildman–Crippen MR) is 94.4 cm³/mol. The second-order valence-corrected chi connectivity index (χ2v) is 14.7. The minimum atomic E-state index is -3.38. The van der Waals surface area contributed by atoms with E-state index in [1.165, 1.54) is 11.8 Å². The molecule has 0 aliphatic heterocycles. The molecule has 5 heteroatoms. The molecule has 1 aliphatic carbocycles. The van der Waals surface area contributed by atoms with E-state index in [-0.39, 0.29) is 0 Å². The smallest absolute Gasteiger partial charge is 0.264 e. The highest BCUT2D eigenvalue weighted by Gasteiger charge is 2.61. The summed E-state index contributed by atoms with van der Waals surface area (Å²) in [6.45, 7) is 6.90. The molecule has 1 fully saturated rings. The molecule has 2 rings (SSSR count). The van der Waals surface area contributed by atoms with Crippen LogP contribution in [0.3, 0.4) is 0 Å². The first-order valence-corrected chi connectivity index (χ1v) is 13.5. The fourth-order valence-corrected chi connectivity index (χ4v) is 7.19. The predicted octanol–water partition coefficient (Wildman–Crippen LogP) is 4.23. The third-order valence-corrected chi connectivity index (χ3v) is 8.00. The van der Waals surface area contributed by atoms with Gasteiger partial charge in [0.1, 0.15) is 0 Å². The average molecular weight is 341 g/mol. The molecule has 0 aromatic heterocycles. The van der Waals surface area contributed by atoms with Crippen LogP contribution in [0.15, 0.2) is 30.3 Å². The van der Waals surface area contributed by atoms with Crippen molar-refractivity contribution in [2.75, 3.05) is 6.26 Å². The van der Waals surface area contributed by atoms with Gasteiger partial charge in [0.2, 0.25) is 0 Å². The number of aryl methyl sites for hydroxylation is 1. The van der Waals surface area contributed by atoms with Gasteiger partial charge in [-0.2, -0.15) is 8.42 Å². The number of unbranched alkanes of at least 4 members (excludes halogenated alkanes) is 1. The maximum Gasteiger partial charge on any atom is 0.264 e. The Labute approximate surface area is 136 Å². The summed E-state index contributed by atoms with van der Waals surface area (Å²) in [6, 6.07) is 10.4. The van der Waals surface area contributed by atoms with E-state index >= 15 is 0 Å². The van der Waals surface area contributed by atoms with Crippen LogP contribution in [-0.4, -0.2) is 28.3 Å². The molecular weight excluding hydrogens is 312 g/mol. The number of rotatable bonds is 8. The highest BCUT2D eigenvalue weighted by atomic mass is 32.2. The summed E-state index contributed by atoms with van der Waals surface area (Å²) in [4.78, 5) is 0. The van der Waals surface area contributed by atoms with Gasteiger partial charge >= 0.3 is 0 Å². The van der Waals surface area contributed by atoms with Gasteiger partial charge in [-0.05, 0) is 36.8 Å². The minimum absolute atomic E-state index is 0.394. The van der Waals surface area contributed by atoms with E-state index in [0.29, 0.717) is 5.54 Å². The zero-order valence-corrected chi connectivity index (χ0v) is 15.9. The number of hydrogen-bond acceptors (Lipinski definition) is 3. The lowest BCUT2D eigenvalue weighted by Gasteiger charge is -2.23. The third-order valence-electron chi connectivity index (χ3n) is 4.55. The van der Waals surface area contributed by atoms with Crippen molar-refractivity contribution < 1.29 is 12.6 Å². The van der Waals surface area contributed by atoms with Crippen LogP contribution in [0.1, 0.15) is 31.2 Å². The van der Waals surface area contributed by atoms with Crippen molar-refractivity contribution in [3.8, 4) is 0 Å². The molecule has 1 aromatic rings. The first-order valence-electron chi connectivity index (χ1n) is 8.07. The van der Waals surface area contributed by atoms with Crippen molar-refractivity contribution in [2.45, 2.75) is 62.9 Å². The molecule has 1 aromatic carbocycles. The normalized spacial score (nSPS) is 25.2. The van der Waals surface area contributed by atoms with Gasteiger partial charge in [-0.15, -0.1) is 0 Å². The topological polar surface area (TPSA) is 43.4 Å². The van der Waals surface area contributed by atoms with Crippen molar-refractivity contribution in [3.63, 3.8) is 0 Å². The summed E-state index contributed by atoms with van der Waals surface area (Å²) in [5, 5.41) is 0. The average Bonchev–Trinajstić information content (AvgIpc) is 3.08. The Hall–Kier alpha value is -0.653. The van der Waals surface area contributed by atoms with Crippen LogP contribution in [0.5, 0.6) is 0 Å². The van der Waals surface area contributed by atoms with Gasteiger partial charge in [0, 0.05) is 0 Å². The molecule has 2 atom stereocenters. The summed E-state index contributed by atoms with van der Waals surface area (Å²) in [7, 11) is -4.75. The van der Waals surface area contributed by atoms with E-state index < -0.39 is 23.8 Å². The summed E-state index contributed by atoms with van der Waals surface area (Å²) >= 11 is 0. The van der Waals surface area contributed by atoms with Crippen LogP contribution < -0.4 is 0 Å². The second kappa shape index (κ2) is 6.46. The van der Waals surface area contributed by atoms with Crippen LogP contribution >= 0.6 is 0 Å². The van der Waals surface area contributed by atoms with Crippen molar-refractivity contribution in [3.05, 3.63) is 35.9 Å². The van der Waals surface area contributed by atoms with Crippen molar-refractivity contribution >= 4 is 18.2 Å². The standard InChI is InChI=1S/C17H28O3SSi/c1-21(18,19)20-17(14-16(17)22(2,3)4)13-9-8-12-15-10-6-5-7-11-15/h5-7,10-11,16H,8-9,12-14H2,1-4H3/t16-,17-/m1/s1. The first kappa shape index (κ1) is 17.7. The van der Waals surface area contributed by atoms with Crippen LogP contribution in [0, 0.1) is 0 Å². The zero-order chi connectivity index (χ0) is 16.4. The van der Waals surface area contributed by atoms with Crippen LogP contribution in [0.25, 0.3) is 0 Å².